The van der Waals surface area contributed by atoms with Crippen LogP contribution in [-0.4, -0.2) is 54.3 Å². The van der Waals surface area contributed by atoms with Crippen molar-refractivity contribution in [2.75, 3.05) is 20.6 Å². The van der Waals surface area contributed by atoms with E-state index in [0.717, 1.165) is 9.80 Å². The van der Waals surface area contributed by atoms with Gasteiger partial charge in [-0.05, 0) is 0 Å². The van der Waals surface area contributed by atoms with Crippen LogP contribution in [0.4, 0.5) is 4.79 Å². The number of urea groups is 1. The van der Waals surface area contributed by atoms with E-state index in [1.165, 1.54) is 14.1 Å². The number of carbonyl (C=O) groups is 3. The molecule has 0 spiro atoms. The standard InChI is InChI=1S/C8H10N4O3/c1-11(2)7(14)6(13)10-8(15)12-4-5(12)3-9/h5H,4H2,1-2H3,(H,10,13,15). The molecular weight excluding hydrogens is 200 g/mol. The molecule has 1 heterocycles. The van der Waals surface area contributed by atoms with E-state index in [-0.39, 0.29) is 0 Å². The average Bonchev–Trinajstić information content (AvgIpc) is 2.95. The van der Waals surface area contributed by atoms with E-state index in [9.17, 15) is 14.4 Å². The molecule has 0 radical (unpaired) electrons. The van der Waals surface area contributed by atoms with E-state index in [1.54, 1.807) is 0 Å². The molecule has 1 aliphatic rings. The van der Waals surface area contributed by atoms with Crippen LogP contribution in [0.15, 0.2) is 0 Å². The molecule has 0 saturated carbocycles. The number of nitrogens with one attached hydrogen (secondary N) is 1. The number of hydrogen-bond acceptors (Lipinski definition) is 4. The van der Waals surface area contributed by atoms with E-state index in [4.69, 9.17) is 5.26 Å². The quantitative estimate of drug-likeness (QED) is 0.389. The van der Waals surface area contributed by atoms with Crippen molar-refractivity contribution in [3.8, 4) is 6.07 Å². The van der Waals surface area contributed by atoms with E-state index in [2.05, 4.69) is 0 Å². The maximum atomic E-state index is 11.2. The number of amides is 4. The first-order valence-corrected chi connectivity index (χ1v) is 4.20. The molecule has 1 atom stereocenters. The number of rotatable bonds is 0. The Morgan fingerprint density at radius 3 is 2.47 bits per heavy atom. The summed E-state index contributed by atoms with van der Waals surface area (Å²) in [4.78, 5) is 35.5. The van der Waals surface area contributed by atoms with Gasteiger partial charge in [-0.1, -0.05) is 0 Å². The van der Waals surface area contributed by atoms with E-state index in [1.807, 2.05) is 11.4 Å². The van der Waals surface area contributed by atoms with Crippen LogP contribution in [0, 0.1) is 11.3 Å². The Morgan fingerprint density at radius 1 is 1.47 bits per heavy atom. The highest BCUT2D eigenvalue weighted by atomic mass is 16.2. The summed E-state index contributed by atoms with van der Waals surface area (Å²) in [5.74, 6) is -1.80. The zero-order chi connectivity index (χ0) is 11.6. The zero-order valence-corrected chi connectivity index (χ0v) is 8.35. The lowest BCUT2D eigenvalue weighted by molar-refractivity contribution is -0.143. The Morgan fingerprint density at radius 2 is 2.07 bits per heavy atom. The van der Waals surface area contributed by atoms with Crippen molar-refractivity contribution in [3.05, 3.63) is 0 Å². The van der Waals surface area contributed by atoms with Crippen LogP contribution in [0.25, 0.3) is 0 Å². The fraction of sp³-hybridized carbons (Fsp3) is 0.500. The highest BCUT2D eigenvalue weighted by molar-refractivity contribution is 6.37. The van der Waals surface area contributed by atoms with Gasteiger partial charge in [-0.25, -0.2) is 4.79 Å². The van der Waals surface area contributed by atoms with Crippen molar-refractivity contribution in [2.24, 2.45) is 0 Å². The molecule has 80 valence electrons. The van der Waals surface area contributed by atoms with Crippen molar-refractivity contribution >= 4 is 17.8 Å². The van der Waals surface area contributed by atoms with Crippen LogP contribution in [0.1, 0.15) is 0 Å². The molecule has 0 aromatic carbocycles. The summed E-state index contributed by atoms with van der Waals surface area (Å²) in [6.45, 7) is 0.297. The van der Waals surface area contributed by atoms with Crippen LogP contribution in [0.5, 0.6) is 0 Å². The van der Waals surface area contributed by atoms with Gasteiger partial charge >= 0.3 is 17.8 Å². The maximum Gasteiger partial charge on any atom is 0.325 e. The van der Waals surface area contributed by atoms with Crippen LogP contribution in [0.3, 0.4) is 0 Å². The lowest BCUT2D eigenvalue weighted by Crippen LogP contribution is -2.44. The summed E-state index contributed by atoms with van der Waals surface area (Å²) < 4.78 is 0. The normalized spacial score (nSPS) is 17.7. The molecule has 15 heavy (non-hydrogen) atoms. The smallest absolute Gasteiger partial charge is 0.325 e. The molecule has 1 N–H and O–H groups in total. The molecule has 1 aliphatic heterocycles. The molecule has 1 rings (SSSR count). The molecule has 1 fully saturated rings. The Kier molecular flexibility index (Phi) is 2.90. The molecular formula is C8H10N4O3. The Hall–Kier alpha value is -2.10. The largest absolute Gasteiger partial charge is 0.341 e. The fourth-order valence-electron chi connectivity index (χ4n) is 0.900. The first-order valence-electron chi connectivity index (χ1n) is 4.20. The molecule has 1 unspecified atom stereocenters. The Bertz CT molecular complexity index is 357. The Labute approximate surface area is 86.2 Å². The van der Waals surface area contributed by atoms with E-state index in [0.29, 0.717) is 6.54 Å². The zero-order valence-electron chi connectivity index (χ0n) is 8.35. The molecule has 0 bridgehead atoms. The highest BCUT2D eigenvalue weighted by Crippen LogP contribution is 2.15. The third-order valence-corrected chi connectivity index (χ3v) is 1.84. The average molecular weight is 210 g/mol. The molecule has 0 aliphatic carbocycles. The van der Waals surface area contributed by atoms with Gasteiger partial charge in [0.15, 0.2) is 0 Å². The molecule has 0 aromatic rings. The molecule has 0 aromatic heterocycles. The predicted octanol–water partition coefficient (Wildman–Crippen LogP) is -1.48. The van der Waals surface area contributed by atoms with Crippen molar-refractivity contribution in [1.29, 1.82) is 5.26 Å². The summed E-state index contributed by atoms with van der Waals surface area (Å²) in [5, 5.41) is 10.3. The minimum absolute atomic E-state index is 0.297. The van der Waals surface area contributed by atoms with E-state index < -0.39 is 23.9 Å². The van der Waals surface area contributed by atoms with E-state index >= 15 is 0 Å². The van der Waals surface area contributed by atoms with Gasteiger partial charge in [-0.2, -0.15) is 5.26 Å². The second kappa shape index (κ2) is 3.96. The maximum absolute atomic E-state index is 11.2. The number of nitrogens with zero attached hydrogens (tertiary/aromatic N) is 3. The number of likely N-dealkylation sites (N-methyl/N-ethyl adjacent to an activating group) is 1. The van der Waals surface area contributed by atoms with Gasteiger partial charge in [0.2, 0.25) is 0 Å². The molecule has 7 heteroatoms. The number of nitriles is 1. The minimum Gasteiger partial charge on any atom is -0.341 e. The fourth-order valence-corrected chi connectivity index (χ4v) is 0.900. The predicted molar refractivity (Wildman–Crippen MR) is 48.3 cm³/mol. The number of imide groups is 1. The SMILES string of the molecule is CN(C)C(=O)C(=O)NC(=O)N1CC1C#N. The summed E-state index contributed by atoms with van der Waals surface area (Å²) >= 11 is 0. The monoisotopic (exact) mass is 210 g/mol. The van der Waals surface area contributed by atoms with Crippen LogP contribution in [-0.2, 0) is 9.59 Å². The third-order valence-electron chi connectivity index (χ3n) is 1.84. The number of carbonyl (C=O) groups excluding carboxylic acids is 3. The topological polar surface area (TPSA) is 93.3 Å². The number of hydrogen-bond donors (Lipinski definition) is 1. The van der Waals surface area contributed by atoms with Crippen LogP contribution in [0.2, 0.25) is 0 Å². The van der Waals surface area contributed by atoms with Gasteiger partial charge in [0, 0.05) is 14.1 Å². The van der Waals surface area contributed by atoms with Crippen molar-refractivity contribution in [1.82, 2.24) is 15.1 Å². The summed E-state index contributed by atoms with van der Waals surface area (Å²) in [6.07, 6.45) is 0. The first-order chi connectivity index (χ1) is 6.97. The minimum atomic E-state index is -0.992. The highest BCUT2D eigenvalue weighted by Gasteiger charge is 2.39. The summed E-state index contributed by atoms with van der Waals surface area (Å²) in [6, 6.07) is 0.667. The van der Waals surface area contributed by atoms with Gasteiger partial charge in [0.05, 0.1) is 12.6 Å². The van der Waals surface area contributed by atoms with Gasteiger partial charge in [-0.3, -0.25) is 14.9 Å². The lowest BCUT2D eigenvalue weighted by Gasteiger charge is -2.09. The van der Waals surface area contributed by atoms with Crippen molar-refractivity contribution in [2.45, 2.75) is 6.04 Å². The van der Waals surface area contributed by atoms with Crippen molar-refractivity contribution < 1.29 is 14.4 Å². The van der Waals surface area contributed by atoms with Crippen LogP contribution >= 0.6 is 0 Å². The van der Waals surface area contributed by atoms with Gasteiger partial charge in [0.25, 0.3) is 0 Å². The summed E-state index contributed by atoms with van der Waals surface area (Å²) in [7, 11) is 2.81. The third kappa shape index (κ3) is 2.43. The van der Waals surface area contributed by atoms with Crippen LogP contribution < -0.4 is 5.32 Å². The second-order valence-electron chi connectivity index (χ2n) is 3.26. The van der Waals surface area contributed by atoms with Gasteiger partial charge in [-0.15, -0.1) is 0 Å². The van der Waals surface area contributed by atoms with Gasteiger partial charge in [0.1, 0.15) is 6.04 Å². The molecule has 1 saturated heterocycles. The van der Waals surface area contributed by atoms with Gasteiger partial charge < -0.3 is 9.80 Å². The second-order valence-corrected chi connectivity index (χ2v) is 3.26. The molecule has 4 amide bonds. The van der Waals surface area contributed by atoms with Crippen molar-refractivity contribution in [3.63, 3.8) is 0 Å². The first kappa shape index (κ1) is 11.0. The molecule has 7 nitrogen and oxygen atoms in total. The Balaban J connectivity index is 2.44. The summed E-state index contributed by atoms with van der Waals surface area (Å²) in [5.41, 5.74) is 0. The lowest BCUT2D eigenvalue weighted by atomic mass is 10.5.